The van der Waals surface area contributed by atoms with E-state index in [-0.39, 0.29) is 0 Å². The topological polar surface area (TPSA) is 67.4 Å². The van der Waals surface area contributed by atoms with Crippen LogP contribution in [0.25, 0.3) is 22.6 Å². The third kappa shape index (κ3) is 1.96. The largest absolute Gasteiger partial charge is 0.319 e. The van der Waals surface area contributed by atoms with Crippen LogP contribution < -0.4 is 0 Å². The molecule has 0 atom stereocenters. The highest BCUT2D eigenvalue weighted by atomic mass is 15.1. The van der Waals surface area contributed by atoms with Gasteiger partial charge in [0.15, 0.2) is 5.82 Å². The summed E-state index contributed by atoms with van der Waals surface area (Å²) in [7, 11) is 0. The minimum atomic E-state index is 0.487. The van der Waals surface area contributed by atoms with Gasteiger partial charge in [0.05, 0.1) is 34.6 Å². The third-order valence-electron chi connectivity index (χ3n) is 3.74. The smallest absolute Gasteiger partial charge is 0.161 e. The monoisotopic (exact) mass is 275 g/mol. The van der Waals surface area contributed by atoms with E-state index >= 15 is 0 Å². The van der Waals surface area contributed by atoms with Crippen LogP contribution >= 0.6 is 0 Å². The maximum Gasteiger partial charge on any atom is 0.161 e. The Morgan fingerprint density at radius 2 is 2.10 bits per heavy atom. The van der Waals surface area contributed by atoms with Gasteiger partial charge >= 0.3 is 0 Å². The quantitative estimate of drug-likeness (QED) is 0.721. The number of rotatable bonds is 2. The normalized spacial score (nSPS) is 14.3. The Bertz CT molecular complexity index is 866. The van der Waals surface area contributed by atoms with Gasteiger partial charge in [-0.25, -0.2) is 9.97 Å². The molecular formula is C16H13N5. The van der Waals surface area contributed by atoms with E-state index < -0.39 is 0 Å². The second kappa shape index (κ2) is 4.38. The molecule has 1 aromatic carbocycles. The van der Waals surface area contributed by atoms with Crippen molar-refractivity contribution in [1.82, 2.24) is 19.5 Å². The predicted molar refractivity (Wildman–Crippen MR) is 78.5 cm³/mol. The van der Waals surface area contributed by atoms with Crippen LogP contribution in [0, 0.1) is 18.3 Å². The van der Waals surface area contributed by atoms with Crippen LogP contribution in [0.4, 0.5) is 0 Å². The van der Waals surface area contributed by atoms with Crippen LogP contribution in [0.1, 0.15) is 30.1 Å². The van der Waals surface area contributed by atoms with E-state index in [0.29, 0.717) is 11.6 Å². The lowest BCUT2D eigenvalue weighted by molar-refractivity contribution is 0.771. The first kappa shape index (κ1) is 12.0. The second-order valence-corrected chi connectivity index (χ2v) is 5.39. The van der Waals surface area contributed by atoms with Crippen LogP contribution in [-0.4, -0.2) is 19.5 Å². The van der Waals surface area contributed by atoms with E-state index in [9.17, 15) is 0 Å². The average Bonchev–Trinajstić information content (AvgIpc) is 3.27. The summed E-state index contributed by atoms with van der Waals surface area (Å²) in [6.07, 6.45) is 5.85. The van der Waals surface area contributed by atoms with E-state index in [4.69, 9.17) is 10.2 Å². The zero-order chi connectivity index (χ0) is 14.4. The standard InChI is InChI=1S/C16H13N5/c1-10-8-19-14(9-18-10)16-20-13-6-11(7-17)2-5-15(13)21(16)12-3-4-12/h2,5-6,8-9,12H,3-4H2,1H3. The number of aryl methyl sites for hydroxylation is 1. The van der Waals surface area contributed by atoms with Gasteiger partial charge in [-0.3, -0.25) is 4.98 Å². The van der Waals surface area contributed by atoms with Gasteiger partial charge in [-0.15, -0.1) is 0 Å². The molecule has 3 aromatic rings. The first-order chi connectivity index (χ1) is 10.3. The number of nitrogens with zero attached hydrogens (tertiary/aromatic N) is 5. The van der Waals surface area contributed by atoms with Gasteiger partial charge in [0.1, 0.15) is 5.69 Å². The van der Waals surface area contributed by atoms with Crippen LogP contribution in [0.3, 0.4) is 0 Å². The van der Waals surface area contributed by atoms with Crippen molar-refractivity contribution in [3.63, 3.8) is 0 Å². The van der Waals surface area contributed by atoms with Gasteiger partial charge in [0.25, 0.3) is 0 Å². The molecule has 0 unspecified atom stereocenters. The maximum atomic E-state index is 9.04. The molecule has 4 rings (SSSR count). The Kier molecular flexibility index (Phi) is 2.51. The Balaban J connectivity index is 1.97. The van der Waals surface area contributed by atoms with Crippen molar-refractivity contribution in [3.8, 4) is 17.6 Å². The highest BCUT2D eigenvalue weighted by Gasteiger charge is 2.29. The fraction of sp³-hybridized carbons (Fsp3) is 0.250. The van der Waals surface area contributed by atoms with Crippen molar-refractivity contribution in [1.29, 1.82) is 5.26 Å². The van der Waals surface area contributed by atoms with Crippen molar-refractivity contribution in [2.45, 2.75) is 25.8 Å². The van der Waals surface area contributed by atoms with Crippen molar-refractivity contribution in [2.24, 2.45) is 0 Å². The molecule has 1 aliphatic rings. The highest BCUT2D eigenvalue weighted by Crippen LogP contribution is 2.40. The number of fused-ring (bicyclic) bond motifs is 1. The number of imidazole rings is 1. The van der Waals surface area contributed by atoms with E-state index in [1.54, 1.807) is 12.4 Å². The summed E-state index contributed by atoms with van der Waals surface area (Å²) >= 11 is 0. The van der Waals surface area contributed by atoms with Crippen LogP contribution in [-0.2, 0) is 0 Å². The molecule has 2 aromatic heterocycles. The van der Waals surface area contributed by atoms with Crippen LogP contribution in [0.2, 0.25) is 0 Å². The molecule has 1 fully saturated rings. The third-order valence-corrected chi connectivity index (χ3v) is 3.74. The first-order valence-electron chi connectivity index (χ1n) is 6.97. The fourth-order valence-corrected chi connectivity index (χ4v) is 2.56. The molecule has 0 bridgehead atoms. The number of nitriles is 1. The van der Waals surface area contributed by atoms with Gasteiger partial charge in [0.2, 0.25) is 0 Å². The molecule has 1 aliphatic carbocycles. The second-order valence-electron chi connectivity index (χ2n) is 5.39. The molecule has 0 N–H and O–H groups in total. The average molecular weight is 275 g/mol. The van der Waals surface area contributed by atoms with Crippen molar-refractivity contribution >= 4 is 11.0 Å². The molecule has 2 heterocycles. The maximum absolute atomic E-state index is 9.04. The summed E-state index contributed by atoms with van der Waals surface area (Å²) in [6.45, 7) is 1.92. The highest BCUT2D eigenvalue weighted by molar-refractivity contribution is 5.81. The molecule has 0 spiro atoms. The number of hydrogen-bond donors (Lipinski definition) is 0. The lowest BCUT2D eigenvalue weighted by atomic mass is 10.2. The minimum absolute atomic E-state index is 0.487. The van der Waals surface area contributed by atoms with Crippen molar-refractivity contribution in [3.05, 3.63) is 41.9 Å². The van der Waals surface area contributed by atoms with Crippen LogP contribution in [0.5, 0.6) is 0 Å². The van der Waals surface area contributed by atoms with Gasteiger partial charge in [-0.2, -0.15) is 5.26 Å². The predicted octanol–water partition coefficient (Wildman–Crippen LogP) is 3.01. The SMILES string of the molecule is Cc1cnc(-c2nc3cc(C#N)ccc3n2C2CC2)cn1. The van der Waals surface area contributed by atoms with Gasteiger partial charge < -0.3 is 4.57 Å². The summed E-state index contributed by atoms with van der Waals surface area (Å²) in [5, 5.41) is 9.04. The Morgan fingerprint density at radius 3 is 2.76 bits per heavy atom. The molecule has 21 heavy (non-hydrogen) atoms. The Morgan fingerprint density at radius 1 is 1.24 bits per heavy atom. The fourth-order valence-electron chi connectivity index (χ4n) is 2.56. The Hall–Kier alpha value is -2.74. The minimum Gasteiger partial charge on any atom is -0.319 e. The summed E-state index contributed by atoms with van der Waals surface area (Å²) in [5.41, 5.74) is 4.21. The van der Waals surface area contributed by atoms with E-state index in [1.807, 2.05) is 25.1 Å². The van der Waals surface area contributed by atoms with Gasteiger partial charge in [-0.05, 0) is 38.0 Å². The molecule has 5 nitrogen and oxygen atoms in total. The van der Waals surface area contributed by atoms with Crippen LogP contribution in [0.15, 0.2) is 30.6 Å². The summed E-state index contributed by atoms with van der Waals surface area (Å²) < 4.78 is 2.23. The van der Waals surface area contributed by atoms with E-state index in [0.717, 1.165) is 41.1 Å². The molecule has 0 saturated heterocycles. The van der Waals surface area contributed by atoms with Gasteiger partial charge in [0, 0.05) is 12.2 Å². The van der Waals surface area contributed by atoms with Crippen molar-refractivity contribution in [2.75, 3.05) is 0 Å². The molecule has 102 valence electrons. The number of aromatic nitrogens is 4. The zero-order valence-corrected chi connectivity index (χ0v) is 11.6. The summed E-state index contributed by atoms with van der Waals surface area (Å²) in [6, 6.07) is 8.30. The lowest BCUT2D eigenvalue weighted by Gasteiger charge is -2.06. The van der Waals surface area contributed by atoms with Gasteiger partial charge in [-0.1, -0.05) is 0 Å². The summed E-state index contributed by atoms with van der Waals surface area (Å²) in [4.78, 5) is 13.5. The zero-order valence-electron chi connectivity index (χ0n) is 11.6. The lowest BCUT2D eigenvalue weighted by Crippen LogP contribution is -1.99. The summed E-state index contributed by atoms with van der Waals surface area (Å²) in [5.74, 6) is 0.843. The molecule has 0 amide bonds. The molecule has 1 saturated carbocycles. The molecule has 0 aliphatic heterocycles. The van der Waals surface area contributed by atoms with E-state index in [2.05, 4.69) is 20.6 Å². The van der Waals surface area contributed by atoms with Crippen molar-refractivity contribution < 1.29 is 0 Å². The van der Waals surface area contributed by atoms with E-state index in [1.165, 1.54) is 0 Å². The number of hydrogen-bond acceptors (Lipinski definition) is 4. The number of benzene rings is 1. The molecule has 0 radical (unpaired) electrons. The Labute approximate surface area is 121 Å². The first-order valence-corrected chi connectivity index (χ1v) is 6.97. The molecule has 5 heteroatoms. The molecular weight excluding hydrogens is 262 g/mol.